The van der Waals surface area contributed by atoms with Gasteiger partial charge >= 0.3 is 18.8 Å². The van der Waals surface area contributed by atoms with Crippen LogP contribution in [0.2, 0.25) is 0 Å². The molecule has 1 atom stereocenters. The summed E-state index contributed by atoms with van der Waals surface area (Å²) in [5.41, 5.74) is -3.63. The van der Waals surface area contributed by atoms with Gasteiger partial charge in [0.05, 0.1) is 18.5 Å². The lowest BCUT2D eigenvalue weighted by molar-refractivity contribution is -0.242. The molecule has 1 heterocycles. The molecule has 230 valence electrons. The Morgan fingerprint density at radius 3 is 2.39 bits per heavy atom. The van der Waals surface area contributed by atoms with Gasteiger partial charge in [-0.2, -0.15) is 22.0 Å². The molecule has 18 heteroatoms. The number of alkyl halides is 5. The van der Waals surface area contributed by atoms with Crippen molar-refractivity contribution in [3.05, 3.63) is 24.4 Å². The second-order valence-corrected chi connectivity index (χ2v) is 11.0. The third-order valence-corrected chi connectivity index (χ3v) is 7.25. The molecule has 3 N–H and O–H groups in total. The van der Waals surface area contributed by atoms with Gasteiger partial charge in [-0.1, -0.05) is 0 Å². The highest BCUT2D eigenvalue weighted by Crippen LogP contribution is 2.38. The van der Waals surface area contributed by atoms with Crippen LogP contribution < -0.4 is 19.7 Å². The number of nitrogens with one attached hydrogen (secondary N) is 2. The van der Waals surface area contributed by atoms with E-state index in [9.17, 15) is 45.1 Å². The van der Waals surface area contributed by atoms with Gasteiger partial charge in [0.25, 0.3) is 15.9 Å². The van der Waals surface area contributed by atoms with Gasteiger partial charge in [0.15, 0.2) is 4.90 Å². The molecule has 0 aliphatic rings. The van der Waals surface area contributed by atoms with E-state index in [2.05, 4.69) is 15.2 Å². The van der Waals surface area contributed by atoms with E-state index in [4.69, 9.17) is 4.74 Å². The highest BCUT2D eigenvalue weighted by atomic mass is 32.2. The number of halogens is 5. The maximum atomic E-state index is 13.8. The molecule has 1 aromatic heterocycles. The van der Waals surface area contributed by atoms with Crippen molar-refractivity contribution in [1.82, 2.24) is 15.1 Å². The summed E-state index contributed by atoms with van der Waals surface area (Å²) in [7, 11) is -4.83. The number of rotatable bonds is 12. The summed E-state index contributed by atoms with van der Waals surface area (Å²) in [5, 5.41) is 18.6. The van der Waals surface area contributed by atoms with E-state index in [-0.39, 0.29) is 23.4 Å². The van der Waals surface area contributed by atoms with E-state index < -0.39 is 75.1 Å². The van der Waals surface area contributed by atoms with Crippen LogP contribution in [0, 0.1) is 0 Å². The molecule has 41 heavy (non-hydrogen) atoms. The van der Waals surface area contributed by atoms with Crippen LogP contribution in [0.4, 0.5) is 38.1 Å². The topological polar surface area (TPSA) is 152 Å². The Morgan fingerprint density at radius 2 is 1.85 bits per heavy atom. The van der Waals surface area contributed by atoms with Gasteiger partial charge in [-0.3, -0.25) is 14.4 Å². The largest absolute Gasteiger partial charge is 0.506 e. The summed E-state index contributed by atoms with van der Waals surface area (Å²) < 4.78 is 104. The molecule has 2 aromatic rings. The van der Waals surface area contributed by atoms with E-state index in [0.29, 0.717) is 24.3 Å². The second-order valence-electron chi connectivity index (χ2n) is 9.18. The Labute approximate surface area is 232 Å². The minimum absolute atomic E-state index is 0.0509. The van der Waals surface area contributed by atoms with Crippen LogP contribution in [0.3, 0.4) is 0 Å². The van der Waals surface area contributed by atoms with Crippen LogP contribution in [0.5, 0.6) is 11.6 Å². The van der Waals surface area contributed by atoms with Gasteiger partial charge in [0.2, 0.25) is 11.5 Å². The number of aromatic hydroxyl groups is 1. The summed E-state index contributed by atoms with van der Waals surface area (Å²) >= 11 is 0. The van der Waals surface area contributed by atoms with Gasteiger partial charge in [-0.15, -0.1) is 5.10 Å². The predicted octanol–water partition coefficient (Wildman–Crippen LogP) is 4.38. The number of ether oxygens (including phenoxy) is 2. The Kier molecular flexibility index (Phi) is 10.4. The van der Waals surface area contributed by atoms with Crippen molar-refractivity contribution >= 4 is 33.4 Å². The number of benzene rings is 1. The normalized spacial score (nSPS) is 13.0. The highest BCUT2D eigenvalue weighted by molar-refractivity contribution is 7.93. The Bertz CT molecular complexity index is 1350. The summed E-state index contributed by atoms with van der Waals surface area (Å²) in [6.07, 6.45) is -5.95. The van der Waals surface area contributed by atoms with Crippen molar-refractivity contribution in [1.29, 1.82) is 0 Å². The molecule has 2 rings (SSSR count). The van der Waals surface area contributed by atoms with Crippen molar-refractivity contribution in [2.75, 3.05) is 22.8 Å². The Hall–Kier alpha value is -3.83. The molecule has 0 saturated heterocycles. The predicted molar refractivity (Wildman–Crippen MR) is 135 cm³/mol. The molecule has 0 radical (unpaired) electrons. The van der Waals surface area contributed by atoms with Gasteiger partial charge < -0.3 is 19.9 Å². The quantitative estimate of drug-likeness (QED) is 0.235. The molecule has 2 amide bonds. The van der Waals surface area contributed by atoms with Gasteiger partial charge in [-0.05, 0) is 52.3 Å². The van der Waals surface area contributed by atoms with E-state index in [1.54, 1.807) is 6.92 Å². The smallest absolute Gasteiger partial charge is 0.427 e. The lowest BCUT2D eigenvalue weighted by Crippen LogP contribution is -2.44. The van der Waals surface area contributed by atoms with Crippen molar-refractivity contribution in [3.8, 4) is 11.6 Å². The highest BCUT2D eigenvalue weighted by Gasteiger charge is 2.51. The van der Waals surface area contributed by atoms with Crippen molar-refractivity contribution < 1.29 is 54.5 Å². The molecular weight excluding hydrogens is 585 g/mol. The fourth-order valence-electron chi connectivity index (χ4n) is 3.32. The maximum Gasteiger partial charge on any atom is 0.427 e. The van der Waals surface area contributed by atoms with Gasteiger partial charge in [0.1, 0.15) is 5.75 Å². The zero-order valence-electron chi connectivity index (χ0n) is 22.6. The van der Waals surface area contributed by atoms with Gasteiger partial charge in [-0.25, -0.2) is 17.9 Å². The molecule has 0 aliphatic carbocycles. The molecule has 0 saturated carbocycles. The van der Waals surface area contributed by atoms with Crippen molar-refractivity contribution in [2.45, 2.75) is 70.3 Å². The van der Waals surface area contributed by atoms with Gasteiger partial charge in [0, 0.05) is 25.2 Å². The minimum atomic E-state index is -4.90. The SMILES string of the molecule is CCOc1nn(C(F)F)cc1S(=O)(=O)N(CCC(C)NC(C)=O)c1cc(NC(=O)OC(C)(C)C(F)(F)F)ccc1O. The first-order valence-corrected chi connectivity index (χ1v) is 13.4. The number of carbonyl (C=O) groups excluding carboxylic acids is 2. The van der Waals surface area contributed by atoms with Crippen LogP contribution in [0.25, 0.3) is 0 Å². The fourth-order valence-corrected chi connectivity index (χ4v) is 4.87. The first kappa shape index (κ1) is 33.4. The monoisotopic (exact) mass is 615 g/mol. The van der Waals surface area contributed by atoms with Crippen LogP contribution in [0.1, 0.15) is 47.6 Å². The number of nitrogens with zero attached hydrogens (tertiary/aromatic N) is 3. The molecule has 0 aliphatic heterocycles. The summed E-state index contributed by atoms with van der Waals surface area (Å²) in [6, 6.07) is 2.34. The molecule has 12 nitrogen and oxygen atoms in total. The molecule has 0 fully saturated rings. The average molecular weight is 616 g/mol. The standard InChI is InChI=1S/C23H30F5N5O7S/c1-6-39-19-18(12-32(31-19)20(24)25)41(37,38)33(10-9-13(2)29-14(3)34)16-11-15(7-8-17(16)35)30-21(36)40-22(4,5)23(26,27)28/h7-8,11-13,20,35H,6,9-10H2,1-5H3,(H,29,34)(H,30,36). The Balaban J connectivity index is 2.57. The minimum Gasteiger partial charge on any atom is -0.506 e. The van der Waals surface area contributed by atoms with E-state index in [0.717, 1.165) is 18.2 Å². The van der Waals surface area contributed by atoms with E-state index in [1.165, 1.54) is 13.8 Å². The number of anilines is 2. The van der Waals surface area contributed by atoms with Crippen LogP contribution in [-0.2, 0) is 19.6 Å². The van der Waals surface area contributed by atoms with Crippen LogP contribution >= 0.6 is 0 Å². The lowest BCUT2D eigenvalue weighted by atomic mass is 10.1. The first-order chi connectivity index (χ1) is 18.8. The third-order valence-electron chi connectivity index (χ3n) is 5.45. The summed E-state index contributed by atoms with van der Waals surface area (Å²) in [5.74, 6) is -1.73. The number of hydrogen-bond donors (Lipinski definition) is 3. The zero-order valence-corrected chi connectivity index (χ0v) is 23.4. The number of phenols is 1. The lowest BCUT2D eigenvalue weighted by Gasteiger charge is -2.28. The number of aromatic nitrogens is 2. The molecular formula is C23H30F5N5O7S. The zero-order chi connectivity index (χ0) is 31.3. The van der Waals surface area contributed by atoms with Crippen molar-refractivity contribution in [2.24, 2.45) is 0 Å². The number of amides is 2. The molecule has 0 spiro atoms. The number of hydrogen-bond acceptors (Lipinski definition) is 8. The molecule has 1 aromatic carbocycles. The van der Waals surface area contributed by atoms with Crippen LogP contribution in [0.15, 0.2) is 29.3 Å². The number of sulfonamides is 1. The fraction of sp³-hybridized carbons (Fsp3) is 0.522. The van der Waals surface area contributed by atoms with E-state index >= 15 is 0 Å². The van der Waals surface area contributed by atoms with Crippen molar-refractivity contribution in [3.63, 3.8) is 0 Å². The third kappa shape index (κ3) is 8.34. The number of phenolic OH excluding ortho intramolecular Hbond substituents is 1. The maximum absolute atomic E-state index is 13.8. The number of carbonyl (C=O) groups is 2. The first-order valence-electron chi connectivity index (χ1n) is 12.0. The molecule has 0 bridgehead atoms. The Morgan fingerprint density at radius 1 is 1.22 bits per heavy atom. The summed E-state index contributed by atoms with van der Waals surface area (Å²) in [6.45, 7) is 1.69. The summed E-state index contributed by atoms with van der Waals surface area (Å²) in [4.78, 5) is 22.8. The average Bonchev–Trinajstić information content (AvgIpc) is 3.25. The van der Waals surface area contributed by atoms with Crippen LogP contribution in [-0.4, -0.2) is 66.3 Å². The molecule has 1 unspecified atom stereocenters. The van der Waals surface area contributed by atoms with E-state index in [1.807, 2.05) is 5.32 Å². The second kappa shape index (κ2) is 12.8.